The van der Waals surface area contributed by atoms with Crippen LogP contribution in [0.5, 0.6) is 11.5 Å². The molecule has 0 saturated carbocycles. The van der Waals surface area contributed by atoms with Crippen LogP contribution in [0.1, 0.15) is 56.0 Å². The summed E-state index contributed by atoms with van der Waals surface area (Å²) in [4.78, 5) is 28.4. The quantitative estimate of drug-likeness (QED) is 0.206. The first-order chi connectivity index (χ1) is 22.0. The summed E-state index contributed by atoms with van der Waals surface area (Å²) in [6.45, 7) is 9.77. The van der Waals surface area contributed by atoms with Crippen molar-refractivity contribution in [1.29, 1.82) is 0 Å². The fourth-order valence-corrected chi connectivity index (χ4v) is 5.78. The molecule has 0 radical (unpaired) electrons. The van der Waals surface area contributed by atoms with E-state index < -0.39 is 0 Å². The zero-order chi connectivity index (χ0) is 32.8. The first-order valence-electron chi connectivity index (χ1n) is 15.9. The third-order valence-electron chi connectivity index (χ3n) is 8.58. The molecule has 0 bridgehead atoms. The summed E-state index contributed by atoms with van der Waals surface area (Å²) >= 11 is 0. The molecule has 1 saturated heterocycles. The van der Waals surface area contributed by atoms with Gasteiger partial charge in [-0.15, -0.1) is 0 Å². The molecular weight excluding hydrogens is 578 g/mol. The van der Waals surface area contributed by atoms with Crippen molar-refractivity contribution >= 4 is 23.4 Å². The topological polar surface area (TPSA) is 97.7 Å². The maximum Gasteiger partial charge on any atom is 0.324 e. The molecule has 9 heteroatoms. The van der Waals surface area contributed by atoms with Crippen molar-refractivity contribution in [3.05, 3.63) is 95.2 Å². The highest BCUT2D eigenvalue weighted by molar-refractivity contribution is 6.00. The maximum atomic E-state index is 13.3. The molecule has 0 atom stereocenters. The van der Waals surface area contributed by atoms with Gasteiger partial charge in [-0.05, 0) is 61.9 Å². The van der Waals surface area contributed by atoms with Gasteiger partial charge < -0.3 is 19.7 Å². The predicted octanol–water partition coefficient (Wildman–Crippen LogP) is 7.16. The van der Waals surface area contributed by atoms with Gasteiger partial charge in [0.2, 0.25) is 5.91 Å². The lowest BCUT2D eigenvalue weighted by Crippen LogP contribution is -2.39. The van der Waals surface area contributed by atoms with Gasteiger partial charge in [-0.2, -0.15) is 5.10 Å². The first kappa shape index (κ1) is 32.6. The Kier molecular flexibility index (Phi) is 9.99. The van der Waals surface area contributed by atoms with E-state index in [1.54, 1.807) is 18.9 Å². The van der Waals surface area contributed by atoms with Crippen molar-refractivity contribution in [2.45, 2.75) is 58.8 Å². The van der Waals surface area contributed by atoms with Crippen LogP contribution in [0.2, 0.25) is 0 Å². The van der Waals surface area contributed by atoms with Gasteiger partial charge in [0.05, 0.1) is 32.0 Å². The Hall–Kier alpha value is -4.79. The van der Waals surface area contributed by atoms with Crippen LogP contribution in [0.25, 0.3) is 5.69 Å². The smallest absolute Gasteiger partial charge is 0.324 e. The number of urea groups is 1. The highest BCUT2D eigenvalue weighted by Crippen LogP contribution is 2.30. The number of piperidine rings is 1. The van der Waals surface area contributed by atoms with Gasteiger partial charge in [0, 0.05) is 41.9 Å². The van der Waals surface area contributed by atoms with Crippen LogP contribution in [0.15, 0.2) is 72.8 Å². The number of carbonyl (C=O) groups excluding carboxylic acids is 2. The number of nitrogens with zero attached hydrogens (tertiary/aromatic N) is 3. The van der Waals surface area contributed by atoms with Crippen LogP contribution in [-0.2, 0) is 23.1 Å². The number of carbonyl (C=O) groups is 2. The monoisotopic (exact) mass is 623 g/mol. The van der Waals surface area contributed by atoms with Crippen molar-refractivity contribution in [3.8, 4) is 17.2 Å². The number of nitrogens with one attached hydrogen (secondary N) is 2. The Morgan fingerprint density at radius 1 is 0.891 bits per heavy atom. The Morgan fingerprint density at radius 2 is 1.61 bits per heavy atom. The summed E-state index contributed by atoms with van der Waals surface area (Å²) in [5.74, 6) is 2.46. The molecule has 2 heterocycles. The van der Waals surface area contributed by atoms with E-state index in [2.05, 4.69) is 37.5 Å². The number of rotatable bonds is 9. The minimum atomic E-state index is -0.324. The second-order valence-corrected chi connectivity index (χ2v) is 13.0. The number of anilines is 2. The van der Waals surface area contributed by atoms with Gasteiger partial charge in [-0.3, -0.25) is 10.1 Å². The second-order valence-electron chi connectivity index (χ2n) is 13.0. The number of aromatic nitrogens is 2. The minimum Gasteiger partial charge on any atom is -0.497 e. The number of para-hydroxylation sites is 1. The van der Waals surface area contributed by atoms with E-state index in [1.807, 2.05) is 78.6 Å². The van der Waals surface area contributed by atoms with E-state index >= 15 is 0 Å². The fourth-order valence-electron chi connectivity index (χ4n) is 5.78. The number of amides is 3. The predicted molar refractivity (Wildman–Crippen MR) is 182 cm³/mol. The van der Waals surface area contributed by atoms with Crippen LogP contribution >= 0.6 is 0 Å². The number of aryl methyl sites for hydroxylation is 1. The van der Waals surface area contributed by atoms with Gasteiger partial charge in [0.1, 0.15) is 17.3 Å². The van der Waals surface area contributed by atoms with E-state index in [9.17, 15) is 9.59 Å². The lowest BCUT2D eigenvalue weighted by atomic mass is 9.89. The molecule has 0 aliphatic carbocycles. The summed E-state index contributed by atoms with van der Waals surface area (Å²) < 4.78 is 12.5. The Bertz CT molecular complexity index is 1660. The largest absolute Gasteiger partial charge is 0.497 e. The highest BCUT2D eigenvalue weighted by Gasteiger charge is 2.25. The van der Waals surface area contributed by atoms with Crippen LogP contribution in [0.4, 0.5) is 16.3 Å². The molecule has 46 heavy (non-hydrogen) atoms. The van der Waals surface area contributed by atoms with Gasteiger partial charge >= 0.3 is 6.03 Å². The molecule has 5 rings (SSSR count). The summed E-state index contributed by atoms with van der Waals surface area (Å²) in [7, 11) is 3.22. The number of methoxy groups -OCH3 is 2. The van der Waals surface area contributed by atoms with E-state index in [0.29, 0.717) is 42.7 Å². The first-order valence-corrected chi connectivity index (χ1v) is 15.9. The molecule has 0 spiro atoms. The second kappa shape index (κ2) is 14.1. The summed E-state index contributed by atoms with van der Waals surface area (Å²) in [5, 5.41) is 10.9. The molecule has 1 aromatic heterocycles. The maximum absolute atomic E-state index is 13.3. The standard InChI is InChI=1S/C37H45N5O4/c1-25-11-14-29(15-12-25)42-34(24-33(40-42)37(2,3)4)39-36(44)38-31-10-8-7-9-27(31)21-26-17-19-41(20-18-26)35(43)22-28-13-16-30(45-5)23-32(28)46-6/h7-16,23-24,26H,17-22H2,1-6H3,(H2,38,39,44). The minimum absolute atomic E-state index is 0.0974. The average Bonchev–Trinajstić information content (AvgIpc) is 3.47. The molecule has 9 nitrogen and oxygen atoms in total. The highest BCUT2D eigenvalue weighted by atomic mass is 16.5. The zero-order valence-corrected chi connectivity index (χ0v) is 27.7. The van der Waals surface area contributed by atoms with Gasteiger partial charge in [-0.1, -0.05) is 62.7 Å². The van der Waals surface area contributed by atoms with Crippen molar-refractivity contribution in [3.63, 3.8) is 0 Å². The Balaban J connectivity index is 1.20. The van der Waals surface area contributed by atoms with E-state index in [0.717, 1.165) is 53.0 Å². The van der Waals surface area contributed by atoms with Crippen molar-refractivity contribution < 1.29 is 19.1 Å². The van der Waals surface area contributed by atoms with Crippen LogP contribution in [0, 0.1) is 12.8 Å². The SMILES string of the molecule is COc1ccc(CC(=O)N2CCC(Cc3ccccc3NC(=O)Nc3cc(C(C)(C)C)nn3-c3ccc(C)cc3)CC2)c(OC)c1. The molecule has 3 aromatic carbocycles. The molecule has 3 amide bonds. The lowest BCUT2D eigenvalue weighted by molar-refractivity contribution is -0.131. The number of ether oxygens (including phenoxy) is 2. The molecule has 4 aromatic rings. The molecule has 2 N–H and O–H groups in total. The molecule has 242 valence electrons. The number of benzene rings is 3. The lowest BCUT2D eigenvalue weighted by Gasteiger charge is -2.32. The summed E-state index contributed by atoms with van der Waals surface area (Å²) in [5.41, 5.74) is 5.45. The van der Waals surface area contributed by atoms with Gasteiger partial charge in [0.15, 0.2) is 0 Å². The van der Waals surface area contributed by atoms with Crippen molar-refractivity contribution in [2.24, 2.45) is 5.92 Å². The van der Waals surface area contributed by atoms with Crippen LogP contribution in [-0.4, -0.2) is 53.9 Å². The Labute approximate surface area is 271 Å². The average molecular weight is 624 g/mol. The van der Waals surface area contributed by atoms with Gasteiger partial charge in [0.25, 0.3) is 0 Å². The van der Waals surface area contributed by atoms with Crippen molar-refractivity contribution in [1.82, 2.24) is 14.7 Å². The molecule has 1 fully saturated rings. The number of hydrogen-bond acceptors (Lipinski definition) is 5. The van der Waals surface area contributed by atoms with Gasteiger partial charge in [-0.25, -0.2) is 9.48 Å². The van der Waals surface area contributed by atoms with E-state index in [-0.39, 0.29) is 17.4 Å². The molecule has 1 aliphatic heterocycles. The number of likely N-dealkylation sites (tertiary alicyclic amines) is 1. The van der Waals surface area contributed by atoms with E-state index in [1.165, 1.54) is 0 Å². The van der Waals surface area contributed by atoms with E-state index in [4.69, 9.17) is 14.6 Å². The van der Waals surface area contributed by atoms with Crippen LogP contribution in [0.3, 0.4) is 0 Å². The van der Waals surface area contributed by atoms with Crippen molar-refractivity contribution in [2.75, 3.05) is 37.9 Å². The number of hydrogen-bond donors (Lipinski definition) is 2. The fraction of sp³-hybridized carbons (Fsp3) is 0.378. The zero-order valence-electron chi connectivity index (χ0n) is 27.7. The summed E-state index contributed by atoms with van der Waals surface area (Å²) in [6, 6.07) is 23.2. The normalized spacial score (nSPS) is 13.7. The molecule has 0 unspecified atom stereocenters. The van der Waals surface area contributed by atoms with Crippen LogP contribution < -0.4 is 20.1 Å². The summed E-state index contributed by atoms with van der Waals surface area (Å²) in [6.07, 6.45) is 2.91. The Morgan fingerprint density at radius 3 is 2.28 bits per heavy atom. The molecule has 1 aliphatic rings. The third kappa shape index (κ3) is 7.88. The third-order valence-corrected chi connectivity index (χ3v) is 8.58. The molecular formula is C37H45N5O4.